The highest BCUT2D eigenvalue weighted by molar-refractivity contribution is 7.78. The molecule has 0 unspecified atom stereocenters. The third-order valence-electron chi connectivity index (χ3n) is 4.74. The van der Waals surface area contributed by atoms with Crippen molar-refractivity contribution < 1.29 is 18.3 Å². The number of allylic oxidation sites excluding steroid dienone is 1. The van der Waals surface area contributed by atoms with E-state index in [2.05, 4.69) is 45.9 Å². The Morgan fingerprint density at radius 1 is 1.42 bits per heavy atom. The van der Waals surface area contributed by atoms with Gasteiger partial charge in [0.15, 0.2) is 5.65 Å². The van der Waals surface area contributed by atoms with Gasteiger partial charge in [0, 0.05) is 19.4 Å². The van der Waals surface area contributed by atoms with E-state index in [0.29, 0.717) is 25.3 Å². The van der Waals surface area contributed by atoms with Crippen molar-refractivity contribution in [2.75, 3.05) is 0 Å². The Balaban J connectivity index is 0.000000380. The number of imidazole rings is 1. The van der Waals surface area contributed by atoms with Gasteiger partial charge in [-0.05, 0) is 64.0 Å². The van der Waals surface area contributed by atoms with Crippen molar-refractivity contribution in [2.45, 2.75) is 84.3 Å². The lowest BCUT2D eigenvalue weighted by atomic mass is 9.84. The van der Waals surface area contributed by atoms with Gasteiger partial charge >= 0.3 is 6.09 Å². The van der Waals surface area contributed by atoms with Gasteiger partial charge in [0.25, 0.3) is 0 Å². The van der Waals surface area contributed by atoms with E-state index in [9.17, 15) is 13.6 Å². The topological polar surface area (TPSA) is 94.5 Å². The van der Waals surface area contributed by atoms with Crippen molar-refractivity contribution in [3.8, 4) is 0 Å². The van der Waals surface area contributed by atoms with Crippen LogP contribution in [-0.4, -0.2) is 32.2 Å². The minimum absolute atomic E-state index is 0.00104. The average Bonchev–Trinajstić information content (AvgIpc) is 3.10. The third-order valence-corrected chi connectivity index (χ3v) is 4.90. The number of ether oxygens (including phenoxy) is 1. The van der Waals surface area contributed by atoms with Crippen molar-refractivity contribution >= 4 is 24.6 Å². The maximum atomic E-state index is 13.2. The summed E-state index contributed by atoms with van der Waals surface area (Å²) < 4.78 is 35.4. The number of carbonyl (C=O) groups is 1. The molecule has 2 heterocycles. The summed E-state index contributed by atoms with van der Waals surface area (Å²) >= 11 is 3.97. The molecule has 1 fully saturated rings. The summed E-state index contributed by atoms with van der Waals surface area (Å²) in [6, 6.07) is 1.95. The molecule has 10 heteroatoms. The summed E-state index contributed by atoms with van der Waals surface area (Å²) in [5.41, 5.74) is 6.98. The highest BCUT2D eigenvalue weighted by Crippen LogP contribution is 2.37. The van der Waals surface area contributed by atoms with Crippen LogP contribution in [0.25, 0.3) is 5.65 Å². The first kappa shape index (κ1) is 28.8. The van der Waals surface area contributed by atoms with Crippen molar-refractivity contribution in [3.63, 3.8) is 0 Å². The Morgan fingerprint density at radius 3 is 2.48 bits per heavy atom. The highest BCUT2D eigenvalue weighted by Gasteiger charge is 2.35. The smallest absolute Gasteiger partial charge is 0.405 e. The summed E-state index contributed by atoms with van der Waals surface area (Å²) in [6.45, 7) is 11.4. The molecule has 33 heavy (non-hydrogen) atoms. The van der Waals surface area contributed by atoms with Crippen LogP contribution in [0.5, 0.6) is 0 Å². The van der Waals surface area contributed by atoms with E-state index in [0.717, 1.165) is 29.7 Å². The SMILES string of the molecule is C=CCC.CC(C)(C)OC(N)=O.FC1(F)CCC(Cc2cn3ncc(CNS)cc3n2)CC1. The van der Waals surface area contributed by atoms with E-state index < -0.39 is 17.6 Å². The van der Waals surface area contributed by atoms with Gasteiger partial charge in [-0.1, -0.05) is 25.8 Å². The molecule has 0 aliphatic heterocycles. The number of nitrogens with two attached hydrogens (primary N) is 1. The Bertz CT molecular complexity index is 873. The first-order chi connectivity index (χ1) is 15.4. The first-order valence-corrected chi connectivity index (χ1v) is 11.5. The molecule has 0 aromatic carbocycles. The van der Waals surface area contributed by atoms with Crippen LogP contribution in [0, 0.1) is 5.92 Å². The van der Waals surface area contributed by atoms with Gasteiger partial charge in [-0.2, -0.15) is 5.10 Å². The van der Waals surface area contributed by atoms with Crippen LogP contribution in [-0.2, 0) is 17.7 Å². The molecule has 0 bridgehead atoms. The zero-order valence-corrected chi connectivity index (χ0v) is 20.9. The van der Waals surface area contributed by atoms with Crippen molar-refractivity contribution in [1.82, 2.24) is 19.3 Å². The number of carbonyl (C=O) groups excluding carboxylic acids is 1. The summed E-state index contributed by atoms with van der Waals surface area (Å²) in [7, 11) is 0. The molecule has 1 saturated carbocycles. The number of fused-ring (bicyclic) bond motifs is 1. The lowest BCUT2D eigenvalue weighted by Gasteiger charge is -2.27. The fourth-order valence-electron chi connectivity index (χ4n) is 3.15. The average molecular weight is 486 g/mol. The summed E-state index contributed by atoms with van der Waals surface area (Å²) in [5, 5.41) is 4.30. The van der Waals surface area contributed by atoms with Crippen molar-refractivity contribution in [1.29, 1.82) is 0 Å². The second kappa shape index (κ2) is 13.5. The molecule has 0 atom stereocenters. The molecule has 2 aromatic heterocycles. The Kier molecular flexibility index (Phi) is 11.8. The Morgan fingerprint density at radius 2 is 2.03 bits per heavy atom. The molecular formula is C23H37F2N5O2S. The monoisotopic (exact) mass is 485 g/mol. The maximum Gasteiger partial charge on any atom is 0.405 e. The number of alkyl halides is 2. The quantitative estimate of drug-likeness (QED) is 0.384. The van der Waals surface area contributed by atoms with Crippen LogP contribution in [0.15, 0.2) is 31.1 Å². The van der Waals surface area contributed by atoms with E-state index in [1.807, 2.05) is 18.3 Å². The number of halogens is 2. The van der Waals surface area contributed by atoms with Gasteiger partial charge in [0.1, 0.15) is 5.60 Å². The summed E-state index contributed by atoms with van der Waals surface area (Å²) in [6.07, 6.45) is 7.79. The number of hydrogen-bond acceptors (Lipinski definition) is 6. The zero-order valence-electron chi connectivity index (χ0n) is 20.0. The van der Waals surface area contributed by atoms with Gasteiger partial charge in [-0.15, -0.1) is 6.58 Å². The molecule has 3 rings (SSSR count). The summed E-state index contributed by atoms with van der Waals surface area (Å²) in [5.74, 6) is -2.17. The molecular weight excluding hydrogens is 448 g/mol. The minimum atomic E-state index is -2.47. The van der Waals surface area contributed by atoms with Crippen LogP contribution in [0.2, 0.25) is 0 Å². The van der Waals surface area contributed by atoms with Crippen LogP contribution < -0.4 is 10.5 Å². The largest absolute Gasteiger partial charge is 0.444 e. The predicted octanol–water partition coefficient (Wildman–Crippen LogP) is 5.49. The summed E-state index contributed by atoms with van der Waals surface area (Å²) in [4.78, 5) is 14.6. The Hall–Kier alpha value is -2.20. The second-order valence-electron chi connectivity index (χ2n) is 8.97. The van der Waals surface area contributed by atoms with Crippen LogP contribution in [0.1, 0.15) is 71.1 Å². The fraction of sp³-hybridized carbons (Fsp3) is 0.609. The predicted molar refractivity (Wildman–Crippen MR) is 130 cm³/mol. The fourth-order valence-corrected chi connectivity index (χ4v) is 3.34. The minimum Gasteiger partial charge on any atom is -0.444 e. The van der Waals surface area contributed by atoms with Gasteiger partial charge in [-0.25, -0.2) is 23.1 Å². The van der Waals surface area contributed by atoms with E-state index in [4.69, 9.17) is 5.73 Å². The third kappa shape index (κ3) is 12.0. The second-order valence-corrected chi connectivity index (χ2v) is 9.28. The maximum absolute atomic E-state index is 13.2. The normalized spacial score (nSPS) is 15.6. The van der Waals surface area contributed by atoms with Crippen molar-refractivity contribution in [3.05, 3.63) is 42.4 Å². The van der Waals surface area contributed by atoms with Gasteiger partial charge < -0.3 is 10.5 Å². The molecule has 3 N–H and O–H groups in total. The van der Waals surface area contributed by atoms with Gasteiger partial charge in [0.05, 0.1) is 18.1 Å². The van der Waals surface area contributed by atoms with Crippen molar-refractivity contribution in [2.24, 2.45) is 11.7 Å². The van der Waals surface area contributed by atoms with Gasteiger partial charge in [0.2, 0.25) is 5.92 Å². The first-order valence-electron chi connectivity index (χ1n) is 11.1. The number of primary amides is 1. The van der Waals surface area contributed by atoms with Crippen LogP contribution in [0.4, 0.5) is 13.6 Å². The number of nitrogens with one attached hydrogen (secondary N) is 1. The van der Waals surface area contributed by atoms with E-state index in [-0.39, 0.29) is 12.8 Å². The number of aromatic nitrogens is 3. The Labute approximate surface area is 200 Å². The number of hydrogen-bond donors (Lipinski definition) is 3. The number of nitrogens with zero attached hydrogens (tertiary/aromatic N) is 3. The molecule has 0 radical (unpaired) electrons. The van der Waals surface area contributed by atoms with Crippen LogP contribution in [0.3, 0.4) is 0 Å². The molecule has 0 spiro atoms. The molecule has 1 aliphatic rings. The molecule has 1 aliphatic carbocycles. The molecule has 7 nitrogen and oxygen atoms in total. The van der Waals surface area contributed by atoms with Crippen LogP contribution >= 0.6 is 12.8 Å². The van der Waals surface area contributed by atoms with E-state index in [1.165, 1.54) is 0 Å². The molecule has 2 aromatic rings. The zero-order chi connectivity index (χ0) is 25.1. The lowest BCUT2D eigenvalue weighted by Crippen LogP contribution is -2.27. The lowest BCUT2D eigenvalue weighted by molar-refractivity contribution is -0.0457. The number of amides is 1. The standard InChI is InChI=1S/C14H18F2N4S.C5H11NO2.C4H8/c15-14(16)3-1-10(2-4-14)5-12-9-20-13(19-12)6-11(7-17-20)8-18-21;1-5(2,3)8-4(6)7;1-3-4-2/h6-7,9-10,18,21H,1-5,8H2;1-3H3,(H2,6,7);3H,1,4H2,2H3. The molecule has 186 valence electrons. The molecule has 1 amide bonds. The molecule has 0 saturated heterocycles. The van der Waals surface area contributed by atoms with E-state index >= 15 is 0 Å². The van der Waals surface area contributed by atoms with Gasteiger partial charge in [-0.3, -0.25) is 4.72 Å². The number of rotatable bonds is 5. The number of thiol groups is 1. The highest BCUT2D eigenvalue weighted by atomic mass is 32.1. The van der Waals surface area contributed by atoms with E-state index in [1.54, 1.807) is 31.5 Å².